The second-order valence-corrected chi connectivity index (χ2v) is 9.44. The minimum atomic E-state index is -0.307. The zero-order valence-corrected chi connectivity index (χ0v) is 20.3. The number of hydrogen-bond acceptors (Lipinski definition) is 5. The average molecular weight is 449 g/mol. The van der Waals surface area contributed by atoms with Crippen LogP contribution in [0.15, 0.2) is 42.1 Å². The molecule has 0 radical (unpaired) electrons. The lowest BCUT2D eigenvalue weighted by Crippen LogP contribution is -2.42. The number of benzene rings is 2. The number of piperidine rings is 1. The van der Waals surface area contributed by atoms with Crippen molar-refractivity contribution in [3.05, 3.63) is 58.8 Å². The smallest absolute Gasteiger partial charge is 0.282 e. The van der Waals surface area contributed by atoms with Gasteiger partial charge in [0, 0.05) is 13.1 Å². The van der Waals surface area contributed by atoms with Crippen molar-refractivity contribution >= 4 is 23.1 Å². The summed E-state index contributed by atoms with van der Waals surface area (Å²) in [6.45, 7) is 9.83. The molecule has 2 heterocycles. The minimum Gasteiger partial charge on any atom is -0.493 e. The van der Waals surface area contributed by atoms with Crippen LogP contribution in [0.5, 0.6) is 11.5 Å². The highest BCUT2D eigenvalue weighted by molar-refractivity contribution is 6.45. The van der Waals surface area contributed by atoms with E-state index in [1.165, 1.54) is 4.90 Å². The van der Waals surface area contributed by atoms with Gasteiger partial charge in [-0.2, -0.15) is 0 Å². The molecule has 2 aliphatic rings. The highest BCUT2D eigenvalue weighted by atomic mass is 16.5. The Morgan fingerprint density at radius 2 is 1.42 bits per heavy atom. The van der Waals surface area contributed by atoms with Crippen molar-refractivity contribution in [2.24, 2.45) is 11.8 Å². The van der Waals surface area contributed by atoms with E-state index in [2.05, 4.69) is 18.7 Å². The summed E-state index contributed by atoms with van der Waals surface area (Å²) < 4.78 is 10.9. The molecule has 2 aliphatic heterocycles. The molecule has 2 amide bonds. The van der Waals surface area contributed by atoms with Gasteiger partial charge >= 0.3 is 0 Å². The molecule has 0 bridgehead atoms. The number of carbonyl (C=O) groups is 2. The molecule has 6 nitrogen and oxygen atoms in total. The number of nitrogens with zero attached hydrogens (tertiary/aromatic N) is 2. The molecule has 2 aromatic rings. The summed E-state index contributed by atoms with van der Waals surface area (Å²) in [6.07, 6.45) is 1.11. The maximum absolute atomic E-state index is 13.9. The van der Waals surface area contributed by atoms with Crippen LogP contribution >= 0.6 is 0 Å². The van der Waals surface area contributed by atoms with Gasteiger partial charge in [-0.3, -0.25) is 9.59 Å². The van der Waals surface area contributed by atoms with Gasteiger partial charge in [-0.1, -0.05) is 26.0 Å². The maximum Gasteiger partial charge on any atom is 0.282 e. The van der Waals surface area contributed by atoms with Gasteiger partial charge in [-0.25, -0.2) is 4.90 Å². The molecule has 0 aliphatic carbocycles. The number of amides is 2. The largest absolute Gasteiger partial charge is 0.493 e. The van der Waals surface area contributed by atoms with Gasteiger partial charge in [0.1, 0.15) is 5.70 Å². The van der Waals surface area contributed by atoms with Gasteiger partial charge in [0.2, 0.25) is 0 Å². The summed E-state index contributed by atoms with van der Waals surface area (Å²) >= 11 is 0. The number of anilines is 1. The van der Waals surface area contributed by atoms with Gasteiger partial charge in [0.05, 0.1) is 25.5 Å². The first kappa shape index (κ1) is 22.9. The Kier molecular flexibility index (Phi) is 6.19. The molecule has 0 saturated carbocycles. The Balaban J connectivity index is 1.88. The predicted molar refractivity (Wildman–Crippen MR) is 129 cm³/mol. The summed E-state index contributed by atoms with van der Waals surface area (Å²) in [5, 5.41) is 0. The highest BCUT2D eigenvalue weighted by Crippen LogP contribution is 2.40. The van der Waals surface area contributed by atoms with Crippen molar-refractivity contribution in [1.29, 1.82) is 0 Å². The van der Waals surface area contributed by atoms with Crippen molar-refractivity contribution in [2.75, 3.05) is 32.2 Å². The van der Waals surface area contributed by atoms with Crippen LogP contribution in [0.2, 0.25) is 0 Å². The number of aryl methyl sites for hydroxylation is 2. The Hall–Kier alpha value is -3.28. The van der Waals surface area contributed by atoms with Gasteiger partial charge < -0.3 is 14.4 Å². The van der Waals surface area contributed by atoms with E-state index >= 15 is 0 Å². The molecular weight excluding hydrogens is 416 g/mol. The van der Waals surface area contributed by atoms with Crippen molar-refractivity contribution in [1.82, 2.24) is 4.90 Å². The van der Waals surface area contributed by atoms with Crippen molar-refractivity contribution in [3.8, 4) is 11.5 Å². The summed E-state index contributed by atoms with van der Waals surface area (Å²) in [5.41, 5.74) is 4.16. The zero-order valence-electron chi connectivity index (χ0n) is 20.3. The van der Waals surface area contributed by atoms with E-state index in [1.807, 2.05) is 38.1 Å². The first-order chi connectivity index (χ1) is 15.7. The monoisotopic (exact) mass is 448 g/mol. The average Bonchev–Trinajstić information content (AvgIpc) is 3.01. The normalized spacial score (nSPS) is 21.2. The second-order valence-electron chi connectivity index (χ2n) is 9.44. The second kappa shape index (κ2) is 8.93. The molecular formula is C27H32N2O4. The van der Waals surface area contributed by atoms with Gasteiger partial charge in [0.25, 0.3) is 11.8 Å². The molecule has 174 valence electrons. The van der Waals surface area contributed by atoms with Crippen LogP contribution in [-0.4, -0.2) is 44.0 Å². The third-order valence-corrected chi connectivity index (χ3v) is 6.38. The van der Waals surface area contributed by atoms with E-state index < -0.39 is 0 Å². The quantitative estimate of drug-likeness (QED) is 0.627. The molecule has 1 saturated heterocycles. The Labute approximate surface area is 195 Å². The van der Waals surface area contributed by atoms with Crippen LogP contribution in [0.3, 0.4) is 0 Å². The predicted octanol–water partition coefficient (Wildman–Crippen LogP) is 4.58. The van der Waals surface area contributed by atoms with Crippen LogP contribution < -0.4 is 14.4 Å². The number of imide groups is 1. The van der Waals surface area contributed by atoms with E-state index in [-0.39, 0.29) is 11.8 Å². The maximum atomic E-state index is 13.9. The minimum absolute atomic E-state index is 0.268. The first-order valence-electron chi connectivity index (χ1n) is 11.4. The van der Waals surface area contributed by atoms with E-state index in [4.69, 9.17) is 9.47 Å². The lowest BCUT2D eigenvalue weighted by molar-refractivity contribution is -0.120. The number of carbonyl (C=O) groups excluding carboxylic acids is 2. The van der Waals surface area contributed by atoms with Crippen LogP contribution in [0.25, 0.3) is 5.57 Å². The third kappa shape index (κ3) is 4.22. The van der Waals surface area contributed by atoms with Crippen LogP contribution in [0.4, 0.5) is 5.69 Å². The number of hydrogen-bond donors (Lipinski definition) is 0. The molecule has 2 aromatic carbocycles. The Morgan fingerprint density at radius 1 is 0.818 bits per heavy atom. The molecule has 2 atom stereocenters. The Bertz CT molecular complexity index is 1110. The lowest BCUT2D eigenvalue weighted by atomic mass is 9.91. The topological polar surface area (TPSA) is 59.1 Å². The molecule has 0 aromatic heterocycles. The molecule has 33 heavy (non-hydrogen) atoms. The molecule has 4 rings (SSSR count). The zero-order chi connectivity index (χ0) is 23.9. The lowest BCUT2D eigenvalue weighted by Gasteiger charge is -2.37. The van der Waals surface area contributed by atoms with Crippen LogP contribution in [0, 0.1) is 25.7 Å². The van der Waals surface area contributed by atoms with Crippen LogP contribution in [0.1, 0.15) is 37.0 Å². The third-order valence-electron chi connectivity index (χ3n) is 6.38. The van der Waals surface area contributed by atoms with Gasteiger partial charge in [-0.15, -0.1) is 0 Å². The molecule has 0 spiro atoms. The SMILES string of the molecule is COc1ccc(C2=C(N3CC(C)CC(C)C3)C(=O)N(c3cc(C)cc(C)c3)C2=O)cc1OC. The number of likely N-dealkylation sites (tertiary alicyclic amines) is 1. The van der Waals surface area contributed by atoms with Crippen molar-refractivity contribution < 1.29 is 19.1 Å². The van der Waals surface area contributed by atoms with Crippen LogP contribution in [-0.2, 0) is 9.59 Å². The first-order valence-corrected chi connectivity index (χ1v) is 11.4. The van der Waals surface area contributed by atoms with Crippen molar-refractivity contribution in [3.63, 3.8) is 0 Å². The number of methoxy groups -OCH3 is 2. The highest BCUT2D eigenvalue weighted by Gasteiger charge is 2.44. The molecule has 2 unspecified atom stereocenters. The number of ether oxygens (including phenoxy) is 2. The van der Waals surface area contributed by atoms with Gasteiger partial charge in [0.15, 0.2) is 11.5 Å². The molecule has 6 heteroatoms. The van der Waals surface area contributed by atoms with Gasteiger partial charge in [-0.05, 0) is 73.1 Å². The van der Waals surface area contributed by atoms with Crippen molar-refractivity contribution in [2.45, 2.75) is 34.1 Å². The standard InChI is InChI=1S/C27H32N2O4/c1-16-9-17(2)12-21(11-16)29-26(30)24(20-7-8-22(32-5)23(13-20)33-6)25(27(29)31)28-14-18(3)10-19(4)15-28/h7-9,11-13,18-19H,10,14-15H2,1-6H3. The molecule has 1 fully saturated rings. The fourth-order valence-electron chi connectivity index (χ4n) is 5.22. The fourth-order valence-corrected chi connectivity index (χ4v) is 5.22. The summed E-state index contributed by atoms with van der Waals surface area (Å²) in [6, 6.07) is 11.2. The van der Waals surface area contributed by atoms with E-state index in [0.717, 1.165) is 30.6 Å². The van der Waals surface area contributed by atoms with E-state index in [9.17, 15) is 9.59 Å². The molecule has 0 N–H and O–H groups in total. The fraction of sp³-hybridized carbons (Fsp3) is 0.407. The summed E-state index contributed by atoms with van der Waals surface area (Å²) in [7, 11) is 3.14. The number of rotatable bonds is 5. The summed E-state index contributed by atoms with van der Waals surface area (Å²) in [4.78, 5) is 31.2. The van der Waals surface area contributed by atoms with E-state index in [0.29, 0.717) is 45.9 Å². The Morgan fingerprint density at radius 3 is 2.00 bits per heavy atom. The van der Waals surface area contributed by atoms with E-state index in [1.54, 1.807) is 26.4 Å². The summed E-state index contributed by atoms with van der Waals surface area (Å²) in [5.74, 6) is 1.39.